The fraction of sp³-hybridized carbons (Fsp3) is 0.381. The molecular formula is C21H26ClNO2. The van der Waals surface area contributed by atoms with Crippen LogP contribution in [0.1, 0.15) is 53.2 Å². The van der Waals surface area contributed by atoms with Crippen molar-refractivity contribution < 1.29 is 9.53 Å². The molecule has 3 nitrogen and oxygen atoms in total. The van der Waals surface area contributed by atoms with E-state index in [2.05, 4.69) is 19.2 Å². The van der Waals surface area contributed by atoms with Gasteiger partial charge in [-0.05, 0) is 60.6 Å². The SMILES string of the molecule is COc1cc(C)c(C(=O)NCCCc2ccccc2Cl)cc1C(C)C. The molecule has 0 unspecified atom stereocenters. The number of aryl methyl sites for hydroxylation is 2. The van der Waals surface area contributed by atoms with Crippen molar-refractivity contribution in [1.29, 1.82) is 0 Å². The molecule has 0 bridgehead atoms. The van der Waals surface area contributed by atoms with Gasteiger partial charge >= 0.3 is 0 Å². The minimum atomic E-state index is -0.0405. The molecular weight excluding hydrogens is 334 g/mol. The fourth-order valence-corrected chi connectivity index (χ4v) is 3.08. The normalized spacial score (nSPS) is 10.8. The van der Waals surface area contributed by atoms with Crippen molar-refractivity contribution in [3.63, 3.8) is 0 Å². The second kappa shape index (κ2) is 8.91. The monoisotopic (exact) mass is 359 g/mol. The maximum absolute atomic E-state index is 12.5. The topological polar surface area (TPSA) is 38.3 Å². The standard InChI is InChI=1S/C21H26ClNO2/c1-14(2)17-13-18(15(3)12-20(17)25-4)21(24)23-11-7-9-16-8-5-6-10-19(16)22/h5-6,8,10,12-14H,7,9,11H2,1-4H3,(H,23,24). The van der Waals surface area contributed by atoms with Crippen LogP contribution in [0, 0.1) is 6.92 Å². The highest BCUT2D eigenvalue weighted by Crippen LogP contribution is 2.29. The number of nitrogens with one attached hydrogen (secondary N) is 1. The number of carbonyl (C=O) groups is 1. The third-order valence-corrected chi connectivity index (χ3v) is 4.68. The molecule has 1 amide bonds. The lowest BCUT2D eigenvalue weighted by molar-refractivity contribution is 0.0952. The van der Waals surface area contributed by atoms with Crippen molar-refractivity contribution in [2.45, 2.75) is 39.5 Å². The summed E-state index contributed by atoms with van der Waals surface area (Å²) in [5, 5.41) is 3.79. The summed E-state index contributed by atoms with van der Waals surface area (Å²) in [4.78, 5) is 12.5. The Balaban J connectivity index is 1.99. The summed E-state index contributed by atoms with van der Waals surface area (Å²) < 4.78 is 5.44. The highest BCUT2D eigenvalue weighted by molar-refractivity contribution is 6.31. The van der Waals surface area contributed by atoms with Crippen molar-refractivity contribution in [3.8, 4) is 5.75 Å². The molecule has 2 aromatic rings. The molecule has 0 aliphatic rings. The van der Waals surface area contributed by atoms with Gasteiger partial charge in [-0.2, -0.15) is 0 Å². The lowest BCUT2D eigenvalue weighted by atomic mass is 9.96. The van der Waals surface area contributed by atoms with Gasteiger partial charge in [0.15, 0.2) is 0 Å². The third-order valence-electron chi connectivity index (χ3n) is 4.31. The van der Waals surface area contributed by atoms with Crippen molar-refractivity contribution in [2.24, 2.45) is 0 Å². The van der Waals surface area contributed by atoms with Crippen LogP contribution in [0.2, 0.25) is 5.02 Å². The average molecular weight is 360 g/mol. The number of amides is 1. The van der Waals surface area contributed by atoms with Crippen LogP contribution in [-0.4, -0.2) is 19.6 Å². The Morgan fingerprint density at radius 3 is 2.60 bits per heavy atom. The van der Waals surface area contributed by atoms with E-state index in [1.54, 1.807) is 7.11 Å². The number of ether oxygens (including phenoxy) is 1. The number of hydrogen-bond acceptors (Lipinski definition) is 2. The van der Waals surface area contributed by atoms with E-state index in [-0.39, 0.29) is 5.91 Å². The molecule has 134 valence electrons. The van der Waals surface area contributed by atoms with Crippen LogP contribution in [0.3, 0.4) is 0 Å². The van der Waals surface area contributed by atoms with E-state index in [1.165, 1.54) is 0 Å². The largest absolute Gasteiger partial charge is 0.496 e. The molecule has 2 aromatic carbocycles. The molecule has 0 aliphatic heterocycles. The van der Waals surface area contributed by atoms with Crippen molar-refractivity contribution in [3.05, 3.63) is 63.7 Å². The van der Waals surface area contributed by atoms with Gasteiger partial charge < -0.3 is 10.1 Å². The number of carbonyl (C=O) groups excluding carboxylic acids is 1. The van der Waals surface area contributed by atoms with Crippen LogP contribution < -0.4 is 10.1 Å². The van der Waals surface area contributed by atoms with E-state index in [9.17, 15) is 4.79 Å². The Bertz CT molecular complexity index is 741. The zero-order valence-corrected chi connectivity index (χ0v) is 16.1. The molecule has 0 atom stereocenters. The summed E-state index contributed by atoms with van der Waals surface area (Å²) in [6, 6.07) is 11.7. The van der Waals surface area contributed by atoms with Gasteiger partial charge in [0, 0.05) is 17.1 Å². The van der Waals surface area contributed by atoms with E-state index in [0.717, 1.165) is 40.3 Å². The summed E-state index contributed by atoms with van der Waals surface area (Å²) in [7, 11) is 1.66. The Hall–Kier alpha value is -2.00. The molecule has 4 heteroatoms. The van der Waals surface area contributed by atoms with E-state index in [1.807, 2.05) is 43.3 Å². The molecule has 25 heavy (non-hydrogen) atoms. The van der Waals surface area contributed by atoms with Gasteiger partial charge in [-0.15, -0.1) is 0 Å². The maximum atomic E-state index is 12.5. The predicted molar refractivity (Wildman–Crippen MR) is 104 cm³/mol. The second-order valence-electron chi connectivity index (χ2n) is 6.51. The van der Waals surface area contributed by atoms with Gasteiger partial charge in [-0.3, -0.25) is 4.79 Å². The average Bonchev–Trinajstić information content (AvgIpc) is 2.59. The highest BCUT2D eigenvalue weighted by atomic mass is 35.5. The summed E-state index contributed by atoms with van der Waals surface area (Å²) in [5.74, 6) is 1.09. The van der Waals surface area contributed by atoms with Crippen LogP contribution in [0.5, 0.6) is 5.75 Å². The van der Waals surface area contributed by atoms with Crippen molar-refractivity contribution in [1.82, 2.24) is 5.32 Å². The first-order valence-electron chi connectivity index (χ1n) is 8.64. The van der Waals surface area contributed by atoms with Gasteiger partial charge in [0.05, 0.1) is 7.11 Å². The Morgan fingerprint density at radius 1 is 1.24 bits per heavy atom. The lowest BCUT2D eigenvalue weighted by Gasteiger charge is -2.16. The van der Waals surface area contributed by atoms with Gasteiger partial charge in [0.25, 0.3) is 5.91 Å². The molecule has 0 aliphatic carbocycles. The lowest BCUT2D eigenvalue weighted by Crippen LogP contribution is -2.25. The third kappa shape index (κ3) is 4.99. The van der Waals surface area contributed by atoms with Gasteiger partial charge in [0.1, 0.15) is 5.75 Å². The van der Waals surface area contributed by atoms with Gasteiger partial charge in [-0.25, -0.2) is 0 Å². The number of halogens is 1. The van der Waals surface area contributed by atoms with Crippen LogP contribution >= 0.6 is 11.6 Å². The molecule has 0 fully saturated rings. The zero-order valence-electron chi connectivity index (χ0n) is 15.4. The molecule has 1 N–H and O–H groups in total. The molecule has 0 radical (unpaired) electrons. The Labute approximate surface area is 155 Å². The first kappa shape index (κ1) is 19.3. The predicted octanol–water partition coefficient (Wildman–Crippen LogP) is 5.14. The van der Waals surface area contributed by atoms with Gasteiger partial charge in [0.2, 0.25) is 0 Å². The number of methoxy groups -OCH3 is 1. The summed E-state index contributed by atoms with van der Waals surface area (Å²) in [6.45, 7) is 6.74. The van der Waals surface area contributed by atoms with Gasteiger partial charge in [-0.1, -0.05) is 43.6 Å². The molecule has 2 rings (SSSR count). The van der Waals surface area contributed by atoms with Crippen molar-refractivity contribution >= 4 is 17.5 Å². The summed E-state index contributed by atoms with van der Waals surface area (Å²) >= 11 is 6.16. The summed E-state index contributed by atoms with van der Waals surface area (Å²) in [6.07, 6.45) is 1.69. The fourth-order valence-electron chi connectivity index (χ4n) is 2.85. The number of hydrogen-bond donors (Lipinski definition) is 1. The highest BCUT2D eigenvalue weighted by Gasteiger charge is 2.15. The summed E-state index contributed by atoms with van der Waals surface area (Å²) in [5.41, 5.74) is 3.79. The molecule has 0 aromatic heterocycles. The number of benzene rings is 2. The molecule has 0 spiro atoms. The van der Waals surface area contributed by atoms with E-state index < -0.39 is 0 Å². The zero-order chi connectivity index (χ0) is 18.4. The van der Waals surface area contributed by atoms with Crippen molar-refractivity contribution in [2.75, 3.05) is 13.7 Å². The first-order valence-corrected chi connectivity index (χ1v) is 9.02. The van der Waals surface area contributed by atoms with E-state index in [4.69, 9.17) is 16.3 Å². The van der Waals surface area contributed by atoms with Crippen LogP contribution in [0.25, 0.3) is 0 Å². The molecule has 0 saturated heterocycles. The first-order chi connectivity index (χ1) is 11.9. The Kier molecular flexibility index (Phi) is 6.89. The maximum Gasteiger partial charge on any atom is 0.251 e. The van der Waals surface area contributed by atoms with E-state index >= 15 is 0 Å². The quantitative estimate of drug-likeness (QED) is 0.695. The molecule has 0 saturated carbocycles. The molecule has 0 heterocycles. The second-order valence-corrected chi connectivity index (χ2v) is 6.92. The smallest absolute Gasteiger partial charge is 0.251 e. The minimum absolute atomic E-state index is 0.0405. The van der Waals surface area contributed by atoms with Crippen LogP contribution in [0.4, 0.5) is 0 Å². The van der Waals surface area contributed by atoms with E-state index in [0.29, 0.717) is 18.0 Å². The van der Waals surface area contributed by atoms with Crippen LogP contribution in [0.15, 0.2) is 36.4 Å². The number of rotatable bonds is 7. The Morgan fingerprint density at radius 2 is 1.96 bits per heavy atom. The minimum Gasteiger partial charge on any atom is -0.496 e. The van der Waals surface area contributed by atoms with Crippen LogP contribution in [-0.2, 0) is 6.42 Å².